The molecule has 0 saturated heterocycles. The molecule has 0 spiro atoms. The van der Waals surface area contributed by atoms with Crippen molar-refractivity contribution in [2.45, 2.75) is 75.1 Å². The molecule has 0 N–H and O–H groups in total. The van der Waals surface area contributed by atoms with Gasteiger partial charge in [0.1, 0.15) is 0 Å². The van der Waals surface area contributed by atoms with Crippen LogP contribution in [-0.4, -0.2) is 13.3 Å². The zero-order valence-electron chi connectivity index (χ0n) is 10.8. The average Bonchev–Trinajstić information content (AvgIpc) is 2.29. The number of nitriles is 1. The molecule has 0 aliphatic carbocycles. The zero-order valence-corrected chi connectivity index (χ0v) is 12.9. The third kappa shape index (κ3) is 6.25. The Morgan fingerprint density at radius 1 is 0.800 bits per heavy atom. The fourth-order valence-corrected chi connectivity index (χ4v) is 10.9. The first-order valence-corrected chi connectivity index (χ1v) is 12.2. The monoisotopic (exact) mass is 271 g/mol. The molecule has 15 heavy (non-hydrogen) atoms. The van der Waals surface area contributed by atoms with Gasteiger partial charge in [0.15, 0.2) is 0 Å². The summed E-state index contributed by atoms with van der Waals surface area (Å²) < 4.78 is 0. The molecular weight excluding hydrogens is 243 g/mol. The Morgan fingerprint density at radius 2 is 1.13 bits per heavy atom. The molecule has 0 radical (unpaired) electrons. The van der Waals surface area contributed by atoms with Crippen LogP contribution in [-0.2, 0) is 0 Å². The van der Waals surface area contributed by atoms with Crippen LogP contribution in [0.4, 0.5) is 0 Å². The van der Waals surface area contributed by atoms with Gasteiger partial charge in [0.05, 0.1) is 0 Å². The minimum atomic E-state index is -2.06. The van der Waals surface area contributed by atoms with E-state index < -0.39 is 13.3 Å². The molecular formula is C13H27GeN. The molecule has 0 aliphatic rings. The van der Waals surface area contributed by atoms with Crippen LogP contribution in [0.25, 0.3) is 0 Å². The van der Waals surface area contributed by atoms with Crippen molar-refractivity contribution in [3.05, 3.63) is 0 Å². The molecule has 0 bridgehead atoms. The van der Waals surface area contributed by atoms with Gasteiger partial charge in [0, 0.05) is 0 Å². The Kier molecular flexibility index (Phi) is 9.29. The van der Waals surface area contributed by atoms with Crippen LogP contribution in [0.2, 0.25) is 15.8 Å². The molecule has 0 amide bonds. The van der Waals surface area contributed by atoms with Crippen molar-refractivity contribution in [3.8, 4) is 4.90 Å². The molecule has 0 saturated carbocycles. The van der Waals surface area contributed by atoms with Gasteiger partial charge < -0.3 is 0 Å². The van der Waals surface area contributed by atoms with Gasteiger partial charge in [0.2, 0.25) is 0 Å². The molecule has 0 aliphatic heterocycles. The maximum atomic E-state index is 9.49. The molecule has 2 heteroatoms. The average molecular weight is 270 g/mol. The van der Waals surface area contributed by atoms with E-state index in [0.717, 1.165) is 0 Å². The van der Waals surface area contributed by atoms with Crippen LogP contribution in [0.15, 0.2) is 0 Å². The van der Waals surface area contributed by atoms with Crippen molar-refractivity contribution < 1.29 is 0 Å². The number of rotatable bonds is 9. The van der Waals surface area contributed by atoms with E-state index in [9.17, 15) is 5.26 Å². The van der Waals surface area contributed by atoms with E-state index in [4.69, 9.17) is 0 Å². The second-order valence-corrected chi connectivity index (χ2v) is 13.7. The van der Waals surface area contributed by atoms with Crippen LogP contribution >= 0.6 is 0 Å². The second kappa shape index (κ2) is 9.27. The third-order valence-corrected chi connectivity index (χ3v) is 12.5. The van der Waals surface area contributed by atoms with E-state index in [0.29, 0.717) is 0 Å². The van der Waals surface area contributed by atoms with E-state index in [1.54, 1.807) is 0 Å². The summed E-state index contributed by atoms with van der Waals surface area (Å²) in [6.45, 7) is 6.72. The quantitative estimate of drug-likeness (QED) is 0.546. The fraction of sp³-hybridized carbons (Fsp3) is 0.923. The summed E-state index contributed by atoms with van der Waals surface area (Å²) in [7, 11) is 0. The first-order chi connectivity index (χ1) is 7.24. The van der Waals surface area contributed by atoms with Gasteiger partial charge >= 0.3 is 98.5 Å². The summed E-state index contributed by atoms with van der Waals surface area (Å²) in [5.41, 5.74) is 0. The summed E-state index contributed by atoms with van der Waals surface area (Å²) in [5.74, 6) is 0. The Hall–Kier alpha value is 0.0329. The molecule has 1 nitrogen and oxygen atoms in total. The molecule has 0 heterocycles. The molecule has 0 unspecified atom stereocenters. The van der Waals surface area contributed by atoms with Gasteiger partial charge in [-0.3, -0.25) is 0 Å². The maximum absolute atomic E-state index is 9.49. The van der Waals surface area contributed by atoms with E-state index in [1.807, 2.05) is 0 Å². The molecule has 0 rings (SSSR count). The molecule has 0 atom stereocenters. The van der Waals surface area contributed by atoms with Crippen molar-refractivity contribution in [2.75, 3.05) is 0 Å². The van der Waals surface area contributed by atoms with Gasteiger partial charge in [-0.1, -0.05) is 0 Å². The second-order valence-electron chi connectivity index (χ2n) is 4.70. The number of hydrogen-bond acceptors (Lipinski definition) is 1. The summed E-state index contributed by atoms with van der Waals surface area (Å²) in [6, 6.07) is 0. The van der Waals surface area contributed by atoms with Gasteiger partial charge in [-0.05, 0) is 0 Å². The number of hydrogen-bond donors (Lipinski definition) is 0. The predicted octanol–water partition coefficient (Wildman–Crippen LogP) is 4.90. The van der Waals surface area contributed by atoms with Gasteiger partial charge in [0.25, 0.3) is 0 Å². The SMILES string of the molecule is CCC[CH2][Ge]([C]#N)([CH2]CCC)[CH2]CCC. The van der Waals surface area contributed by atoms with Crippen LogP contribution in [0.1, 0.15) is 59.3 Å². The van der Waals surface area contributed by atoms with Gasteiger partial charge in [-0.15, -0.1) is 0 Å². The standard InChI is InChI=1S/C13H27GeN/c1-4-7-10-14(13-15,11-8-5-2)12-9-6-3/h4-12H2,1-3H3. The summed E-state index contributed by atoms with van der Waals surface area (Å²) >= 11 is -2.06. The molecule has 0 aromatic rings. The van der Waals surface area contributed by atoms with E-state index in [2.05, 4.69) is 25.7 Å². The Balaban J connectivity index is 4.25. The summed E-state index contributed by atoms with van der Waals surface area (Å²) in [5, 5.41) is 13.4. The van der Waals surface area contributed by atoms with Crippen LogP contribution in [0.3, 0.4) is 0 Å². The molecule has 88 valence electrons. The summed E-state index contributed by atoms with van der Waals surface area (Å²) in [6.07, 6.45) is 7.65. The molecule has 0 fully saturated rings. The number of unbranched alkanes of at least 4 members (excludes halogenated alkanes) is 3. The van der Waals surface area contributed by atoms with E-state index >= 15 is 0 Å². The Bertz CT molecular complexity index is 162. The fourth-order valence-electron chi connectivity index (χ4n) is 2.09. The van der Waals surface area contributed by atoms with Gasteiger partial charge in [-0.25, -0.2) is 0 Å². The van der Waals surface area contributed by atoms with Crippen molar-refractivity contribution in [1.82, 2.24) is 0 Å². The minimum absolute atomic E-state index is 1.26. The third-order valence-electron chi connectivity index (χ3n) is 3.26. The summed E-state index contributed by atoms with van der Waals surface area (Å²) in [4.78, 5) is 2.81. The van der Waals surface area contributed by atoms with Crippen molar-refractivity contribution in [2.24, 2.45) is 0 Å². The van der Waals surface area contributed by atoms with Crippen LogP contribution in [0.5, 0.6) is 0 Å². The number of nitrogens with zero attached hydrogens (tertiary/aromatic N) is 1. The molecule has 0 aromatic carbocycles. The zero-order chi connectivity index (χ0) is 11.6. The predicted molar refractivity (Wildman–Crippen MR) is 70.5 cm³/mol. The molecule has 0 aromatic heterocycles. The van der Waals surface area contributed by atoms with E-state index in [-0.39, 0.29) is 0 Å². The van der Waals surface area contributed by atoms with E-state index in [1.165, 1.54) is 54.3 Å². The first kappa shape index (κ1) is 15.0. The van der Waals surface area contributed by atoms with Crippen molar-refractivity contribution in [1.29, 1.82) is 5.26 Å². The van der Waals surface area contributed by atoms with Crippen LogP contribution in [0, 0.1) is 10.2 Å². The Morgan fingerprint density at radius 3 is 1.33 bits per heavy atom. The van der Waals surface area contributed by atoms with Crippen LogP contribution < -0.4 is 0 Å². The van der Waals surface area contributed by atoms with Crippen molar-refractivity contribution >= 4 is 13.3 Å². The Labute approximate surface area is 98.6 Å². The topological polar surface area (TPSA) is 23.8 Å². The first-order valence-electron chi connectivity index (χ1n) is 6.66. The van der Waals surface area contributed by atoms with Crippen molar-refractivity contribution in [3.63, 3.8) is 0 Å². The normalized spacial score (nSPS) is 11.3. The van der Waals surface area contributed by atoms with Gasteiger partial charge in [-0.2, -0.15) is 0 Å².